The van der Waals surface area contributed by atoms with Gasteiger partial charge in [-0.2, -0.15) is 0 Å². The summed E-state index contributed by atoms with van der Waals surface area (Å²) < 4.78 is 64.7. The minimum absolute atomic E-state index is 0.0138. The van der Waals surface area contributed by atoms with Crippen molar-refractivity contribution in [2.24, 2.45) is 0 Å². The average Bonchev–Trinajstić information content (AvgIpc) is 2.72. The van der Waals surface area contributed by atoms with Crippen molar-refractivity contribution in [3.63, 3.8) is 0 Å². The van der Waals surface area contributed by atoms with Gasteiger partial charge >= 0.3 is 0 Å². The van der Waals surface area contributed by atoms with Gasteiger partial charge in [0.05, 0.1) is 37.1 Å². The summed E-state index contributed by atoms with van der Waals surface area (Å²) in [6, 6.07) is 9.94. The van der Waals surface area contributed by atoms with Gasteiger partial charge in [0.1, 0.15) is 11.5 Å². The third-order valence-electron chi connectivity index (χ3n) is 4.90. The molecular weight excluding hydrogens is 428 g/mol. The van der Waals surface area contributed by atoms with E-state index in [0.717, 1.165) is 18.4 Å². The summed E-state index contributed by atoms with van der Waals surface area (Å²) in [6.45, 7) is 1.99. The second-order valence-electron chi connectivity index (χ2n) is 7.00. The van der Waals surface area contributed by atoms with E-state index < -0.39 is 20.0 Å². The minimum atomic E-state index is -3.75. The van der Waals surface area contributed by atoms with Crippen molar-refractivity contribution in [1.82, 2.24) is 0 Å². The fraction of sp³-hybridized carbons (Fsp3) is 0.400. The Morgan fingerprint density at radius 1 is 1.00 bits per heavy atom. The highest BCUT2D eigenvalue weighted by Crippen LogP contribution is 2.33. The van der Waals surface area contributed by atoms with Crippen LogP contribution in [0.15, 0.2) is 36.4 Å². The van der Waals surface area contributed by atoms with E-state index in [0.29, 0.717) is 35.0 Å². The average molecular weight is 455 g/mol. The van der Waals surface area contributed by atoms with Gasteiger partial charge in [-0.15, -0.1) is 0 Å². The Morgan fingerprint density at radius 2 is 1.67 bits per heavy atom. The topological polar surface area (TPSA) is 102 Å². The highest BCUT2D eigenvalue weighted by Gasteiger charge is 2.26. The van der Waals surface area contributed by atoms with Gasteiger partial charge < -0.3 is 9.47 Å². The maximum Gasteiger partial charge on any atom is 0.236 e. The van der Waals surface area contributed by atoms with E-state index in [4.69, 9.17) is 9.47 Å². The van der Waals surface area contributed by atoms with Crippen molar-refractivity contribution in [3.8, 4) is 11.5 Å². The lowest BCUT2D eigenvalue weighted by Crippen LogP contribution is -2.36. The zero-order valence-electron chi connectivity index (χ0n) is 17.2. The van der Waals surface area contributed by atoms with Crippen molar-refractivity contribution >= 4 is 31.4 Å². The molecule has 2 aromatic carbocycles. The first-order valence-electron chi connectivity index (χ1n) is 9.53. The summed E-state index contributed by atoms with van der Waals surface area (Å²) in [5.41, 5.74) is 2.25. The summed E-state index contributed by atoms with van der Waals surface area (Å²) in [7, 11) is -4.19. The van der Waals surface area contributed by atoms with Crippen LogP contribution in [-0.4, -0.2) is 43.4 Å². The molecule has 0 radical (unpaired) electrons. The Labute approximate surface area is 177 Å². The van der Waals surface area contributed by atoms with E-state index in [9.17, 15) is 16.8 Å². The second kappa shape index (κ2) is 8.73. The summed E-state index contributed by atoms with van der Waals surface area (Å²) in [4.78, 5) is 0. The minimum Gasteiger partial charge on any atom is -0.497 e. The number of sulfonamides is 2. The predicted octanol–water partition coefficient (Wildman–Crippen LogP) is 2.75. The Hall–Kier alpha value is -2.46. The normalized spacial score (nSPS) is 14.2. The Morgan fingerprint density at radius 3 is 2.27 bits per heavy atom. The van der Waals surface area contributed by atoms with E-state index in [-0.39, 0.29) is 11.5 Å². The molecule has 0 unspecified atom stereocenters. The summed E-state index contributed by atoms with van der Waals surface area (Å²) in [5.74, 6) is 0.691. The number of methoxy groups -OCH3 is 2. The molecule has 0 spiro atoms. The van der Waals surface area contributed by atoms with Gasteiger partial charge in [0.15, 0.2) is 0 Å². The van der Waals surface area contributed by atoms with Crippen LogP contribution in [0.25, 0.3) is 0 Å². The Bertz CT molecular complexity index is 1110. The quantitative estimate of drug-likeness (QED) is 0.658. The monoisotopic (exact) mass is 454 g/mol. The molecule has 8 nitrogen and oxygen atoms in total. The van der Waals surface area contributed by atoms with Crippen LogP contribution in [0, 0.1) is 0 Å². The number of ether oxygens (including phenoxy) is 2. The number of rotatable bonds is 8. The van der Waals surface area contributed by atoms with E-state index in [1.807, 2.05) is 0 Å². The highest BCUT2D eigenvalue weighted by atomic mass is 32.2. The number of fused-ring (bicyclic) bond motifs is 1. The third kappa shape index (κ3) is 4.99. The Balaban J connectivity index is 1.87. The van der Waals surface area contributed by atoms with Crippen LogP contribution in [0.2, 0.25) is 0 Å². The zero-order valence-corrected chi connectivity index (χ0v) is 18.8. The largest absolute Gasteiger partial charge is 0.497 e. The maximum absolute atomic E-state index is 12.7. The van der Waals surface area contributed by atoms with Crippen LogP contribution in [-0.2, 0) is 32.2 Å². The van der Waals surface area contributed by atoms with Gasteiger partial charge in [-0.25, -0.2) is 16.8 Å². The summed E-state index contributed by atoms with van der Waals surface area (Å²) in [5, 5.41) is 0. The predicted molar refractivity (Wildman–Crippen MR) is 117 cm³/mol. The molecule has 0 aliphatic carbocycles. The highest BCUT2D eigenvalue weighted by molar-refractivity contribution is 7.92. The van der Waals surface area contributed by atoms with Crippen molar-refractivity contribution in [1.29, 1.82) is 0 Å². The number of nitrogens with one attached hydrogen (secondary N) is 1. The van der Waals surface area contributed by atoms with E-state index in [1.54, 1.807) is 43.3 Å². The molecule has 0 saturated heterocycles. The SMILES string of the molecule is CCS(=O)(=O)N1CCCc2ccc(NS(=O)(=O)Cc3cc(OC)cc(OC)c3)cc21. The molecule has 0 fully saturated rings. The van der Waals surface area contributed by atoms with Crippen LogP contribution < -0.4 is 18.5 Å². The first-order valence-corrected chi connectivity index (χ1v) is 12.8. The molecule has 10 heteroatoms. The lowest BCUT2D eigenvalue weighted by atomic mass is 10.0. The molecule has 1 heterocycles. The molecule has 164 valence electrons. The fourth-order valence-corrected chi connectivity index (χ4v) is 5.79. The smallest absolute Gasteiger partial charge is 0.236 e. The fourth-order valence-electron chi connectivity index (χ4n) is 3.43. The van der Waals surface area contributed by atoms with E-state index in [2.05, 4.69) is 4.72 Å². The molecule has 30 heavy (non-hydrogen) atoms. The number of hydrogen-bond acceptors (Lipinski definition) is 6. The molecular formula is C20H26N2O6S2. The van der Waals surface area contributed by atoms with Crippen molar-refractivity contribution in [2.45, 2.75) is 25.5 Å². The van der Waals surface area contributed by atoms with Gasteiger partial charge in [-0.3, -0.25) is 9.03 Å². The van der Waals surface area contributed by atoms with Gasteiger partial charge in [-0.05, 0) is 55.2 Å². The molecule has 0 atom stereocenters. The van der Waals surface area contributed by atoms with Crippen LogP contribution in [0.4, 0.5) is 11.4 Å². The van der Waals surface area contributed by atoms with Gasteiger partial charge in [-0.1, -0.05) is 6.07 Å². The van der Waals surface area contributed by atoms with E-state index in [1.165, 1.54) is 18.5 Å². The Kier molecular flexibility index (Phi) is 6.47. The molecule has 0 saturated carbocycles. The molecule has 3 rings (SSSR count). The first kappa shape index (κ1) is 22.2. The van der Waals surface area contributed by atoms with Gasteiger partial charge in [0, 0.05) is 12.6 Å². The first-order chi connectivity index (χ1) is 14.2. The lowest BCUT2D eigenvalue weighted by Gasteiger charge is -2.30. The van der Waals surface area contributed by atoms with Gasteiger partial charge in [0.25, 0.3) is 0 Å². The molecule has 0 bridgehead atoms. The number of hydrogen-bond donors (Lipinski definition) is 1. The number of nitrogens with zero attached hydrogens (tertiary/aromatic N) is 1. The summed E-state index contributed by atoms with van der Waals surface area (Å²) >= 11 is 0. The van der Waals surface area contributed by atoms with Crippen LogP contribution in [0.5, 0.6) is 11.5 Å². The van der Waals surface area contributed by atoms with Crippen LogP contribution >= 0.6 is 0 Å². The lowest BCUT2D eigenvalue weighted by molar-refractivity contribution is 0.393. The molecule has 1 aliphatic heterocycles. The molecule has 2 aromatic rings. The second-order valence-corrected chi connectivity index (χ2v) is 10.9. The van der Waals surface area contributed by atoms with E-state index >= 15 is 0 Å². The van der Waals surface area contributed by atoms with Crippen LogP contribution in [0.1, 0.15) is 24.5 Å². The summed E-state index contributed by atoms with van der Waals surface area (Å²) in [6.07, 6.45) is 1.48. The number of benzene rings is 2. The zero-order chi connectivity index (χ0) is 21.9. The molecule has 0 amide bonds. The number of anilines is 2. The maximum atomic E-state index is 12.7. The standard InChI is InChI=1S/C20H26N2O6S2/c1-4-30(25,26)22-9-5-6-16-7-8-17(12-20(16)22)21-29(23,24)14-15-10-18(27-2)13-19(11-15)28-3/h7-8,10-13,21H,4-6,9,14H2,1-3H3. The molecule has 1 aliphatic rings. The van der Waals surface area contributed by atoms with Gasteiger partial charge in [0.2, 0.25) is 20.0 Å². The van der Waals surface area contributed by atoms with Crippen molar-refractivity contribution < 1.29 is 26.3 Å². The van der Waals surface area contributed by atoms with Crippen molar-refractivity contribution in [2.75, 3.05) is 35.5 Å². The van der Waals surface area contributed by atoms with Crippen LogP contribution in [0.3, 0.4) is 0 Å². The molecule has 1 N–H and O–H groups in total. The third-order valence-corrected chi connectivity index (χ3v) is 7.94. The van der Waals surface area contributed by atoms with Crippen molar-refractivity contribution in [3.05, 3.63) is 47.5 Å². The molecule has 0 aromatic heterocycles. The number of aryl methyl sites for hydroxylation is 1.